The molecule has 0 fully saturated rings. The summed E-state index contributed by atoms with van der Waals surface area (Å²) in [6.07, 6.45) is -2.73. The SMILES string of the molecule is Cc1nn(CC(F)(F)F)c(C)c1[C@@H](C)C(=O)NCc1ccnn1C. The van der Waals surface area contributed by atoms with Crippen LogP contribution in [0.15, 0.2) is 12.3 Å². The number of aromatic nitrogens is 4. The average Bonchev–Trinajstić information content (AvgIpc) is 2.98. The molecule has 132 valence electrons. The Morgan fingerprint density at radius 3 is 2.58 bits per heavy atom. The second kappa shape index (κ2) is 6.66. The number of rotatable bonds is 5. The highest BCUT2D eigenvalue weighted by Gasteiger charge is 2.31. The van der Waals surface area contributed by atoms with Crippen LogP contribution < -0.4 is 5.32 Å². The zero-order chi connectivity index (χ0) is 18.1. The third-order valence-electron chi connectivity index (χ3n) is 3.96. The van der Waals surface area contributed by atoms with Gasteiger partial charge in [-0.15, -0.1) is 0 Å². The van der Waals surface area contributed by atoms with Gasteiger partial charge in [0.25, 0.3) is 0 Å². The number of aryl methyl sites for hydroxylation is 2. The molecule has 6 nitrogen and oxygen atoms in total. The Bertz CT molecular complexity index is 732. The number of amides is 1. The van der Waals surface area contributed by atoms with Gasteiger partial charge >= 0.3 is 6.18 Å². The molecular formula is C15H20F3N5O. The summed E-state index contributed by atoms with van der Waals surface area (Å²) < 4.78 is 40.3. The van der Waals surface area contributed by atoms with Crippen LogP contribution in [-0.2, 0) is 24.9 Å². The number of halogens is 3. The van der Waals surface area contributed by atoms with E-state index in [1.807, 2.05) is 0 Å². The van der Waals surface area contributed by atoms with Gasteiger partial charge in [0.1, 0.15) is 6.54 Å². The Morgan fingerprint density at radius 1 is 1.38 bits per heavy atom. The van der Waals surface area contributed by atoms with Crippen molar-refractivity contribution < 1.29 is 18.0 Å². The molecule has 0 aliphatic rings. The Morgan fingerprint density at radius 2 is 2.04 bits per heavy atom. The van der Waals surface area contributed by atoms with Crippen LogP contribution in [0.3, 0.4) is 0 Å². The second-order valence-electron chi connectivity index (χ2n) is 5.74. The fourth-order valence-electron chi connectivity index (χ4n) is 2.70. The number of nitrogens with one attached hydrogen (secondary N) is 1. The molecule has 1 N–H and O–H groups in total. The van der Waals surface area contributed by atoms with E-state index in [-0.39, 0.29) is 5.91 Å². The average molecular weight is 343 g/mol. The van der Waals surface area contributed by atoms with Gasteiger partial charge in [-0.05, 0) is 26.8 Å². The predicted octanol–water partition coefficient (Wildman–Crippen LogP) is 2.22. The van der Waals surface area contributed by atoms with Gasteiger partial charge in [0.05, 0.1) is 23.9 Å². The molecule has 2 rings (SSSR count). The molecule has 0 bridgehead atoms. The summed E-state index contributed by atoms with van der Waals surface area (Å²) >= 11 is 0. The second-order valence-corrected chi connectivity index (χ2v) is 5.74. The fraction of sp³-hybridized carbons (Fsp3) is 0.533. The van der Waals surface area contributed by atoms with Crippen LogP contribution in [0.25, 0.3) is 0 Å². The summed E-state index contributed by atoms with van der Waals surface area (Å²) in [5.41, 5.74) is 2.14. The van der Waals surface area contributed by atoms with Crippen LogP contribution in [-0.4, -0.2) is 31.6 Å². The minimum Gasteiger partial charge on any atom is -0.350 e. The highest BCUT2D eigenvalue weighted by atomic mass is 19.4. The van der Waals surface area contributed by atoms with Crippen molar-refractivity contribution in [1.29, 1.82) is 0 Å². The molecule has 0 unspecified atom stereocenters. The lowest BCUT2D eigenvalue weighted by atomic mass is 9.98. The van der Waals surface area contributed by atoms with Crippen LogP contribution in [0.1, 0.15) is 35.5 Å². The van der Waals surface area contributed by atoms with Gasteiger partial charge < -0.3 is 5.32 Å². The van der Waals surface area contributed by atoms with Crippen LogP contribution >= 0.6 is 0 Å². The summed E-state index contributed by atoms with van der Waals surface area (Å²) in [4.78, 5) is 12.3. The van der Waals surface area contributed by atoms with E-state index >= 15 is 0 Å². The van der Waals surface area contributed by atoms with E-state index in [0.717, 1.165) is 10.4 Å². The van der Waals surface area contributed by atoms with E-state index in [4.69, 9.17) is 0 Å². The molecule has 2 aromatic rings. The molecule has 0 aliphatic heterocycles. The number of carbonyl (C=O) groups is 1. The van der Waals surface area contributed by atoms with Gasteiger partial charge in [0, 0.05) is 24.5 Å². The number of hydrogen-bond donors (Lipinski definition) is 1. The molecule has 0 saturated heterocycles. The number of nitrogens with zero attached hydrogens (tertiary/aromatic N) is 4. The van der Waals surface area contributed by atoms with Gasteiger partial charge in [0.2, 0.25) is 5.91 Å². The molecule has 1 amide bonds. The maximum atomic E-state index is 12.6. The highest BCUT2D eigenvalue weighted by molar-refractivity contribution is 5.83. The number of hydrogen-bond acceptors (Lipinski definition) is 3. The van der Waals surface area contributed by atoms with Crippen LogP contribution in [0, 0.1) is 13.8 Å². The summed E-state index contributed by atoms with van der Waals surface area (Å²) in [7, 11) is 1.76. The van der Waals surface area contributed by atoms with Crippen molar-refractivity contribution in [2.75, 3.05) is 0 Å². The topological polar surface area (TPSA) is 64.7 Å². The quantitative estimate of drug-likeness (QED) is 0.905. The highest BCUT2D eigenvalue weighted by Crippen LogP contribution is 2.26. The van der Waals surface area contributed by atoms with E-state index in [1.54, 1.807) is 44.8 Å². The molecule has 9 heteroatoms. The molecule has 0 radical (unpaired) electrons. The van der Waals surface area contributed by atoms with Crippen molar-refractivity contribution in [3.8, 4) is 0 Å². The molecule has 1 atom stereocenters. The van der Waals surface area contributed by atoms with Gasteiger partial charge in [-0.2, -0.15) is 23.4 Å². The normalized spacial score (nSPS) is 13.1. The standard InChI is InChI=1S/C15H20F3N5O/c1-9(14(24)19-7-12-5-6-20-22(12)4)13-10(2)21-23(11(13)3)8-15(16,17)18/h5-6,9H,7-8H2,1-4H3,(H,19,24)/t9-/m1/s1. The lowest BCUT2D eigenvalue weighted by Gasteiger charge is -2.14. The first-order chi connectivity index (χ1) is 11.1. The van der Waals surface area contributed by atoms with Gasteiger partial charge in [-0.1, -0.05) is 0 Å². The van der Waals surface area contributed by atoms with Crippen LogP contribution in [0.5, 0.6) is 0 Å². The smallest absolute Gasteiger partial charge is 0.350 e. The number of carbonyl (C=O) groups excluding carboxylic acids is 1. The lowest BCUT2D eigenvalue weighted by molar-refractivity contribution is -0.143. The van der Waals surface area contributed by atoms with E-state index in [0.29, 0.717) is 23.5 Å². The minimum absolute atomic E-state index is 0.269. The summed E-state index contributed by atoms with van der Waals surface area (Å²) in [5, 5.41) is 10.7. The third-order valence-corrected chi connectivity index (χ3v) is 3.96. The molecule has 0 saturated carbocycles. The van der Waals surface area contributed by atoms with E-state index < -0.39 is 18.6 Å². The molecule has 2 aromatic heterocycles. The summed E-state index contributed by atoms with van der Waals surface area (Å²) in [5.74, 6) is -0.867. The van der Waals surface area contributed by atoms with Crippen LogP contribution in [0.4, 0.5) is 13.2 Å². The van der Waals surface area contributed by atoms with Gasteiger partial charge in [-0.25, -0.2) is 0 Å². The van der Waals surface area contributed by atoms with Gasteiger partial charge in [-0.3, -0.25) is 14.2 Å². The first kappa shape index (κ1) is 18.0. The first-order valence-electron chi connectivity index (χ1n) is 7.45. The molecule has 24 heavy (non-hydrogen) atoms. The largest absolute Gasteiger partial charge is 0.408 e. The van der Waals surface area contributed by atoms with Crippen molar-refractivity contribution in [2.45, 2.75) is 46.0 Å². The first-order valence-corrected chi connectivity index (χ1v) is 7.45. The van der Waals surface area contributed by atoms with E-state index in [2.05, 4.69) is 15.5 Å². The Labute approximate surface area is 137 Å². The maximum absolute atomic E-state index is 12.6. The molecule has 0 spiro atoms. The van der Waals surface area contributed by atoms with E-state index in [1.165, 1.54) is 0 Å². The Balaban J connectivity index is 2.12. The Hall–Kier alpha value is -2.32. The van der Waals surface area contributed by atoms with Crippen molar-refractivity contribution in [2.24, 2.45) is 7.05 Å². The van der Waals surface area contributed by atoms with E-state index in [9.17, 15) is 18.0 Å². The minimum atomic E-state index is -4.36. The van der Waals surface area contributed by atoms with Crippen molar-refractivity contribution >= 4 is 5.91 Å². The fourth-order valence-corrected chi connectivity index (χ4v) is 2.70. The molecule has 2 heterocycles. The lowest BCUT2D eigenvalue weighted by Crippen LogP contribution is -2.29. The van der Waals surface area contributed by atoms with Gasteiger partial charge in [0.15, 0.2) is 0 Å². The predicted molar refractivity (Wildman–Crippen MR) is 81.2 cm³/mol. The monoisotopic (exact) mass is 343 g/mol. The maximum Gasteiger partial charge on any atom is 0.408 e. The summed E-state index contributed by atoms with van der Waals surface area (Å²) in [6.45, 7) is 3.96. The van der Waals surface area contributed by atoms with Crippen molar-refractivity contribution in [3.63, 3.8) is 0 Å². The zero-order valence-electron chi connectivity index (χ0n) is 14.0. The summed E-state index contributed by atoms with van der Waals surface area (Å²) in [6, 6.07) is 1.78. The zero-order valence-corrected chi connectivity index (χ0v) is 14.0. The molecule has 0 aromatic carbocycles. The molecular weight excluding hydrogens is 323 g/mol. The van der Waals surface area contributed by atoms with Crippen LogP contribution in [0.2, 0.25) is 0 Å². The Kier molecular flexibility index (Phi) is 5.00. The number of alkyl halides is 3. The third kappa shape index (κ3) is 3.95. The van der Waals surface area contributed by atoms with Crippen molar-refractivity contribution in [1.82, 2.24) is 24.9 Å². The molecule has 0 aliphatic carbocycles. The van der Waals surface area contributed by atoms with Crippen molar-refractivity contribution in [3.05, 3.63) is 34.9 Å².